The number of pyridine rings is 1. The number of nitrogens with zero attached hydrogens (tertiary/aromatic N) is 2. The van der Waals surface area contributed by atoms with Crippen LogP contribution in [0.5, 0.6) is 5.75 Å². The van der Waals surface area contributed by atoms with Gasteiger partial charge in [-0.05, 0) is 50.6 Å². The standard InChI is InChI=1S/C25H37N5O8S2/c1-26-39(33,34)22-4-2-3-21(13-22)37-18-20(32)15-28-19-14-25(38-17-19)7-10-30(11-8-25)40(35,36)23-5-6-24(29-16-23)27-9-12-31/h2-6,13,16,19-20,26,28,31-32H,7-12,14-15,17-18H2,1H3,(H,27,29)/t19?,20-/m0/s1. The molecule has 2 aromatic rings. The van der Waals surface area contributed by atoms with E-state index in [0.29, 0.717) is 57.1 Å². The van der Waals surface area contributed by atoms with Crippen LogP contribution < -0.4 is 20.1 Å². The number of piperidine rings is 1. The first kappa shape index (κ1) is 30.6. The Morgan fingerprint density at radius 2 is 1.95 bits per heavy atom. The predicted molar refractivity (Wildman–Crippen MR) is 147 cm³/mol. The highest BCUT2D eigenvalue weighted by Gasteiger charge is 2.44. The summed E-state index contributed by atoms with van der Waals surface area (Å²) in [5.74, 6) is 0.833. The second-order valence-corrected chi connectivity index (χ2v) is 13.7. The SMILES string of the molecule is CNS(=O)(=O)c1cccc(OC[C@@H](O)CNC2COC3(CCN(S(=O)(=O)c4ccc(NCCO)nc4)CC3)C2)c1. The zero-order valence-corrected chi connectivity index (χ0v) is 24.0. The number of aliphatic hydroxyl groups is 2. The molecule has 1 aromatic heterocycles. The highest BCUT2D eigenvalue weighted by atomic mass is 32.2. The fourth-order valence-electron chi connectivity index (χ4n) is 4.83. The first-order chi connectivity index (χ1) is 19.1. The van der Waals surface area contributed by atoms with Gasteiger partial charge in [-0.15, -0.1) is 0 Å². The molecule has 2 fully saturated rings. The van der Waals surface area contributed by atoms with Crippen molar-refractivity contribution in [1.29, 1.82) is 0 Å². The summed E-state index contributed by atoms with van der Waals surface area (Å²) in [5.41, 5.74) is -0.416. The number of hydrogen-bond acceptors (Lipinski definition) is 11. The van der Waals surface area contributed by atoms with E-state index in [2.05, 4.69) is 20.3 Å². The van der Waals surface area contributed by atoms with Crippen molar-refractivity contribution in [3.8, 4) is 5.75 Å². The molecule has 1 spiro atoms. The number of nitrogens with one attached hydrogen (secondary N) is 3. The molecular formula is C25H37N5O8S2. The van der Waals surface area contributed by atoms with Crippen molar-refractivity contribution in [2.45, 2.75) is 46.8 Å². The summed E-state index contributed by atoms with van der Waals surface area (Å²) in [6.07, 6.45) is 2.32. The van der Waals surface area contributed by atoms with Crippen molar-refractivity contribution in [1.82, 2.24) is 19.3 Å². The number of aliphatic hydroxyl groups excluding tert-OH is 2. The molecule has 4 rings (SSSR count). The summed E-state index contributed by atoms with van der Waals surface area (Å²) >= 11 is 0. The van der Waals surface area contributed by atoms with E-state index in [0.717, 1.165) is 0 Å². The van der Waals surface area contributed by atoms with Crippen LogP contribution in [0.15, 0.2) is 52.4 Å². The summed E-state index contributed by atoms with van der Waals surface area (Å²) < 4.78 is 65.6. The summed E-state index contributed by atoms with van der Waals surface area (Å²) in [7, 11) is -5.94. The highest BCUT2D eigenvalue weighted by molar-refractivity contribution is 7.89. The van der Waals surface area contributed by atoms with Gasteiger partial charge in [-0.3, -0.25) is 0 Å². The fourth-order valence-corrected chi connectivity index (χ4v) is 6.98. The van der Waals surface area contributed by atoms with Crippen LogP contribution in [0.4, 0.5) is 5.82 Å². The maximum Gasteiger partial charge on any atom is 0.244 e. The van der Waals surface area contributed by atoms with Crippen LogP contribution in [-0.4, -0.2) is 107 Å². The lowest BCUT2D eigenvalue weighted by molar-refractivity contribution is -0.0312. The van der Waals surface area contributed by atoms with Gasteiger partial charge in [0.25, 0.3) is 0 Å². The van der Waals surface area contributed by atoms with Gasteiger partial charge in [0.15, 0.2) is 0 Å². The third-order valence-corrected chi connectivity index (χ3v) is 10.4. The van der Waals surface area contributed by atoms with E-state index < -0.39 is 31.8 Å². The van der Waals surface area contributed by atoms with Gasteiger partial charge in [-0.1, -0.05) is 6.07 Å². The van der Waals surface area contributed by atoms with Crippen molar-refractivity contribution in [3.63, 3.8) is 0 Å². The maximum absolute atomic E-state index is 13.1. The molecule has 0 bridgehead atoms. The molecule has 2 aliphatic rings. The summed E-state index contributed by atoms with van der Waals surface area (Å²) in [6.45, 7) is 1.64. The van der Waals surface area contributed by atoms with Crippen molar-refractivity contribution < 1.29 is 36.5 Å². The molecule has 2 atom stereocenters. The molecule has 0 radical (unpaired) electrons. The minimum atomic E-state index is -3.68. The topological polar surface area (TPSA) is 179 Å². The van der Waals surface area contributed by atoms with Gasteiger partial charge in [0.05, 0.1) is 23.7 Å². The van der Waals surface area contributed by atoms with Gasteiger partial charge in [0.1, 0.15) is 29.2 Å². The minimum Gasteiger partial charge on any atom is -0.491 e. The van der Waals surface area contributed by atoms with Gasteiger partial charge < -0.3 is 30.3 Å². The van der Waals surface area contributed by atoms with Gasteiger partial charge in [0, 0.05) is 44.5 Å². The zero-order chi connectivity index (χ0) is 28.8. The second-order valence-electron chi connectivity index (χ2n) is 9.88. The van der Waals surface area contributed by atoms with E-state index in [-0.39, 0.29) is 35.6 Å². The molecule has 15 heteroatoms. The smallest absolute Gasteiger partial charge is 0.244 e. The van der Waals surface area contributed by atoms with Gasteiger partial charge in [-0.2, -0.15) is 4.31 Å². The summed E-state index contributed by atoms with van der Waals surface area (Å²) in [4.78, 5) is 4.32. The molecule has 1 aromatic carbocycles. The second kappa shape index (κ2) is 13.1. The zero-order valence-electron chi connectivity index (χ0n) is 22.3. The molecule has 2 aliphatic heterocycles. The number of aromatic nitrogens is 1. The number of hydrogen-bond donors (Lipinski definition) is 5. The maximum atomic E-state index is 13.1. The van der Waals surface area contributed by atoms with Gasteiger partial charge in [-0.25, -0.2) is 26.5 Å². The molecule has 0 saturated carbocycles. The first-order valence-corrected chi connectivity index (χ1v) is 16.0. The predicted octanol–water partition coefficient (Wildman–Crippen LogP) is -0.264. The van der Waals surface area contributed by atoms with Crippen molar-refractivity contribution in [3.05, 3.63) is 42.6 Å². The monoisotopic (exact) mass is 599 g/mol. The Kier molecular flexibility index (Phi) is 10.00. The van der Waals surface area contributed by atoms with Crippen molar-refractivity contribution in [2.75, 3.05) is 58.4 Å². The van der Waals surface area contributed by atoms with Crippen LogP contribution in [-0.2, 0) is 24.8 Å². The van der Waals surface area contributed by atoms with E-state index >= 15 is 0 Å². The first-order valence-electron chi connectivity index (χ1n) is 13.1. The van der Waals surface area contributed by atoms with Crippen LogP contribution >= 0.6 is 0 Å². The molecule has 0 amide bonds. The van der Waals surface area contributed by atoms with Crippen LogP contribution in [0.2, 0.25) is 0 Å². The number of ether oxygens (including phenoxy) is 2. The lowest BCUT2D eigenvalue weighted by Crippen LogP contribution is -2.47. The van der Waals surface area contributed by atoms with Gasteiger partial charge >= 0.3 is 0 Å². The molecule has 40 heavy (non-hydrogen) atoms. The Morgan fingerprint density at radius 3 is 2.62 bits per heavy atom. The van der Waals surface area contributed by atoms with E-state index in [9.17, 15) is 21.9 Å². The average Bonchev–Trinajstić information content (AvgIpc) is 3.36. The number of anilines is 1. The number of sulfonamides is 2. The van der Waals surface area contributed by atoms with Crippen LogP contribution in [0.25, 0.3) is 0 Å². The van der Waals surface area contributed by atoms with E-state index in [1.165, 1.54) is 35.7 Å². The summed E-state index contributed by atoms with van der Waals surface area (Å²) in [5, 5.41) is 25.5. The largest absolute Gasteiger partial charge is 0.491 e. The Hall–Kier alpha value is -2.37. The van der Waals surface area contributed by atoms with Crippen LogP contribution in [0.1, 0.15) is 19.3 Å². The minimum absolute atomic E-state index is 0.00470. The molecule has 13 nitrogen and oxygen atoms in total. The molecular weight excluding hydrogens is 562 g/mol. The van der Waals surface area contributed by atoms with Crippen LogP contribution in [0, 0.1) is 0 Å². The van der Waals surface area contributed by atoms with Gasteiger partial charge in [0.2, 0.25) is 20.0 Å². The van der Waals surface area contributed by atoms with Crippen LogP contribution in [0.3, 0.4) is 0 Å². The fraction of sp³-hybridized carbons (Fsp3) is 0.560. The Bertz CT molecular complexity index is 1330. The lowest BCUT2D eigenvalue weighted by atomic mass is 9.88. The third-order valence-electron chi connectivity index (χ3n) is 7.10. The normalized spacial score (nSPS) is 20.4. The Morgan fingerprint density at radius 1 is 1.18 bits per heavy atom. The number of benzene rings is 1. The summed E-state index contributed by atoms with van der Waals surface area (Å²) in [6, 6.07) is 9.14. The van der Waals surface area contributed by atoms with Crippen molar-refractivity contribution in [2.24, 2.45) is 0 Å². The average molecular weight is 600 g/mol. The highest BCUT2D eigenvalue weighted by Crippen LogP contribution is 2.37. The van der Waals surface area contributed by atoms with E-state index in [1.54, 1.807) is 18.2 Å². The van der Waals surface area contributed by atoms with Crippen molar-refractivity contribution >= 4 is 25.9 Å². The number of rotatable bonds is 13. The lowest BCUT2D eigenvalue weighted by Gasteiger charge is -2.38. The third kappa shape index (κ3) is 7.47. The molecule has 5 N–H and O–H groups in total. The quantitative estimate of drug-likeness (QED) is 0.205. The molecule has 222 valence electrons. The molecule has 1 unspecified atom stereocenters. The van der Waals surface area contributed by atoms with E-state index in [4.69, 9.17) is 14.6 Å². The molecule has 3 heterocycles. The molecule has 2 saturated heterocycles. The molecule has 0 aliphatic carbocycles. The van der Waals surface area contributed by atoms with E-state index in [1.807, 2.05) is 0 Å². The Balaban J connectivity index is 1.22. The Labute approximate surface area is 235 Å².